The van der Waals surface area contributed by atoms with E-state index in [1.165, 1.54) is 0 Å². The minimum absolute atomic E-state index is 0.316. The summed E-state index contributed by atoms with van der Waals surface area (Å²) in [6.07, 6.45) is 3.04. The van der Waals surface area contributed by atoms with Gasteiger partial charge in [0.25, 0.3) is 5.97 Å². The highest BCUT2D eigenvalue weighted by Crippen LogP contribution is 2.46. The van der Waals surface area contributed by atoms with E-state index in [2.05, 4.69) is 10.9 Å². The fourth-order valence-corrected chi connectivity index (χ4v) is 3.08. The Kier molecular flexibility index (Phi) is 7.16. The Morgan fingerprint density at radius 3 is 2.54 bits per heavy atom. The van der Waals surface area contributed by atoms with Gasteiger partial charge in [0.05, 0.1) is 6.54 Å². The largest absolute Gasteiger partial charge is 0.480 e. The molecule has 1 heterocycles. The smallest absolute Gasteiger partial charge is 0.400 e. The minimum atomic E-state index is -4.34. The lowest BCUT2D eigenvalue weighted by Crippen LogP contribution is -2.44. The fourth-order valence-electron chi connectivity index (χ4n) is 2.18. The summed E-state index contributed by atoms with van der Waals surface area (Å²) in [6.45, 7) is 0.856. The number of carboxylic acids is 1. The molecule has 0 radical (unpaired) electrons. The van der Waals surface area contributed by atoms with Crippen LogP contribution < -0.4 is 15.6 Å². The highest BCUT2D eigenvalue weighted by atomic mass is 31.2. The van der Waals surface area contributed by atoms with Crippen LogP contribution in [0.1, 0.15) is 19.3 Å². The normalized spacial score (nSPS) is 19.4. The first-order valence-corrected chi connectivity index (χ1v) is 9.30. The molecule has 0 amide bonds. The van der Waals surface area contributed by atoms with E-state index in [1.54, 1.807) is 35.3 Å². The van der Waals surface area contributed by atoms with E-state index < -0.39 is 26.1 Å². The maximum Gasteiger partial charge on any atom is 0.400 e. The molecule has 1 aromatic carbocycles. The van der Waals surface area contributed by atoms with E-state index in [0.29, 0.717) is 18.8 Å². The van der Waals surface area contributed by atoms with Gasteiger partial charge in [0, 0.05) is 13.1 Å². The predicted octanol–water partition coefficient (Wildman–Crippen LogP) is 1.13. The molecule has 24 heavy (non-hydrogen) atoms. The Morgan fingerprint density at radius 2 is 1.92 bits per heavy atom. The summed E-state index contributed by atoms with van der Waals surface area (Å²) < 4.78 is 22.8. The molecule has 2 unspecified atom stereocenters. The maximum absolute atomic E-state index is 12.4. The van der Waals surface area contributed by atoms with Crippen molar-refractivity contribution in [2.75, 3.05) is 19.6 Å². The monoisotopic (exact) mass is 359 g/mol. The number of carbonyl (C=O) groups is 1. The molecule has 2 atom stereocenters. The number of piperidine rings is 1. The Bertz CT molecular complexity index is 567. The molecule has 0 aromatic heterocycles. The van der Waals surface area contributed by atoms with Crippen molar-refractivity contribution >= 4 is 13.6 Å². The number of ether oxygens (including phenoxy) is 1. The SMILES string of the molecule is O=C(O)CNC(Oc1ccccc1)P(=O)(O)ONN1CCCCC1. The molecule has 0 spiro atoms. The van der Waals surface area contributed by atoms with Crippen molar-refractivity contribution in [3.05, 3.63) is 30.3 Å². The number of benzene rings is 1. The molecule has 9 nitrogen and oxygen atoms in total. The summed E-state index contributed by atoms with van der Waals surface area (Å²) in [5.74, 6) is -2.38. The highest BCUT2D eigenvalue weighted by molar-refractivity contribution is 7.53. The number of hydrogen-bond acceptors (Lipinski definition) is 7. The highest BCUT2D eigenvalue weighted by Gasteiger charge is 2.36. The molecule has 1 fully saturated rings. The van der Waals surface area contributed by atoms with Gasteiger partial charge in [0.2, 0.25) is 0 Å². The van der Waals surface area contributed by atoms with E-state index >= 15 is 0 Å². The van der Waals surface area contributed by atoms with Crippen molar-refractivity contribution in [1.82, 2.24) is 15.9 Å². The van der Waals surface area contributed by atoms with Gasteiger partial charge in [0.15, 0.2) is 0 Å². The second kappa shape index (κ2) is 9.12. The summed E-state index contributed by atoms with van der Waals surface area (Å²) in [5, 5.41) is 12.8. The summed E-state index contributed by atoms with van der Waals surface area (Å²) in [5.41, 5.74) is 2.47. The average molecular weight is 359 g/mol. The van der Waals surface area contributed by atoms with Crippen LogP contribution in [0.15, 0.2) is 30.3 Å². The predicted molar refractivity (Wildman–Crippen MR) is 86.0 cm³/mol. The Labute approximate surface area is 140 Å². The molecule has 1 saturated heterocycles. The van der Waals surface area contributed by atoms with Gasteiger partial charge in [-0.15, -0.1) is 5.59 Å². The number of nitrogens with one attached hydrogen (secondary N) is 2. The van der Waals surface area contributed by atoms with E-state index in [9.17, 15) is 14.3 Å². The average Bonchev–Trinajstić information content (AvgIpc) is 2.58. The van der Waals surface area contributed by atoms with Crippen LogP contribution in [0.2, 0.25) is 0 Å². The third-order valence-corrected chi connectivity index (χ3v) is 4.60. The molecular weight excluding hydrogens is 337 g/mol. The van der Waals surface area contributed by atoms with Gasteiger partial charge in [-0.25, -0.2) is 9.63 Å². The van der Waals surface area contributed by atoms with Gasteiger partial charge in [0.1, 0.15) is 5.75 Å². The number of carboxylic acid groups (broad SMARTS) is 1. The van der Waals surface area contributed by atoms with E-state index in [1.807, 2.05) is 0 Å². The molecule has 0 aliphatic carbocycles. The van der Waals surface area contributed by atoms with Crippen LogP contribution in [-0.4, -0.2) is 46.6 Å². The van der Waals surface area contributed by atoms with Gasteiger partial charge in [-0.2, -0.15) is 0 Å². The lowest BCUT2D eigenvalue weighted by atomic mass is 10.2. The lowest BCUT2D eigenvalue weighted by molar-refractivity contribution is -0.136. The molecule has 1 aromatic rings. The zero-order chi connectivity index (χ0) is 17.4. The van der Waals surface area contributed by atoms with E-state index in [4.69, 9.17) is 14.5 Å². The summed E-state index contributed by atoms with van der Waals surface area (Å²) in [4.78, 5) is 20.9. The Balaban J connectivity index is 1.99. The van der Waals surface area contributed by atoms with Crippen molar-refractivity contribution in [2.45, 2.75) is 25.2 Å². The van der Waals surface area contributed by atoms with Crippen LogP contribution >= 0.6 is 7.60 Å². The molecule has 4 N–H and O–H groups in total. The van der Waals surface area contributed by atoms with Crippen molar-refractivity contribution < 1.29 is 28.7 Å². The molecule has 1 aliphatic heterocycles. The third kappa shape index (κ3) is 6.20. The maximum atomic E-state index is 12.4. The lowest BCUT2D eigenvalue weighted by Gasteiger charge is -2.29. The number of aliphatic carboxylic acids is 1. The second-order valence-corrected chi connectivity index (χ2v) is 7.13. The number of hydrazine groups is 1. The molecule has 2 rings (SSSR count). The molecule has 0 bridgehead atoms. The molecule has 134 valence electrons. The Hall–Kier alpha value is -1.48. The van der Waals surface area contributed by atoms with E-state index in [-0.39, 0.29) is 0 Å². The molecular formula is C14H22N3O6P. The van der Waals surface area contributed by atoms with Crippen molar-refractivity contribution in [3.63, 3.8) is 0 Å². The Morgan fingerprint density at radius 1 is 1.25 bits per heavy atom. The van der Waals surface area contributed by atoms with E-state index in [0.717, 1.165) is 19.3 Å². The quantitative estimate of drug-likeness (QED) is 0.292. The van der Waals surface area contributed by atoms with Gasteiger partial charge >= 0.3 is 13.6 Å². The second-order valence-electron chi connectivity index (χ2n) is 5.35. The number of hydrogen-bond donors (Lipinski definition) is 4. The summed E-state index contributed by atoms with van der Waals surface area (Å²) in [6, 6.07) is 8.33. The van der Waals surface area contributed by atoms with Gasteiger partial charge in [-0.05, 0) is 25.0 Å². The van der Waals surface area contributed by atoms with Crippen LogP contribution in [0, 0.1) is 0 Å². The molecule has 10 heteroatoms. The topological polar surface area (TPSA) is 120 Å². The molecule has 0 saturated carbocycles. The minimum Gasteiger partial charge on any atom is -0.480 e. The number of para-hydroxylation sites is 1. The van der Waals surface area contributed by atoms with Crippen LogP contribution in [0.25, 0.3) is 0 Å². The van der Waals surface area contributed by atoms with Crippen molar-refractivity contribution in [2.24, 2.45) is 0 Å². The first-order chi connectivity index (χ1) is 11.5. The van der Waals surface area contributed by atoms with Crippen molar-refractivity contribution in [1.29, 1.82) is 0 Å². The van der Waals surface area contributed by atoms with Crippen LogP contribution in [0.3, 0.4) is 0 Å². The number of nitrogens with zero attached hydrogens (tertiary/aromatic N) is 1. The van der Waals surface area contributed by atoms with Gasteiger partial charge in [-0.3, -0.25) is 14.7 Å². The summed E-state index contributed by atoms with van der Waals surface area (Å²) >= 11 is 0. The van der Waals surface area contributed by atoms with Crippen molar-refractivity contribution in [3.8, 4) is 5.75 Å². The molecule has 1 aliphatic rings. The first-order valence-electron chi connectivity index (χ1n) is 7.66. The van der Waals surface area contributed by atoms with Crippen LogP contribution in [0.5, 0.6) is 5.75 Å². The zero-order valence-corrected chi connectivity index (χ0v) is 14.0. The first kappa shape index (κ1) is 18.9. The fraction of sp³-hybridized carbons (Fsp3) is 0.500. The van der Waals surface area contributed by atoms with Gasteiger partial charge in [-0.1, -0.05) is 24.6 Å². The van der Waals surface area contributed by atoms with Crippen LogP contribution in [0.4, 0.5) is 0 Å². The standard InChI is InChI=1S/C14H22N3O6P/c18-13(19)11-15-14(22-12-7-3-1-4-8-12)24(20,21)23-16-17-9-5-2-6-10-17/h1,3-4,7-8,14-16H,2,5-6,9-11H2,(H,18,19)(H,20,21). The summed E-state index contributed by atoms with van der Waals surface area (Å²) in [7, 11) is -4.34. The van der Waals surface area contributed by atoms with Crippen LogP contribution in [-0.2, 0) is 14.0 Å². The number of rotatable bonds is 9. The zero-order valence-electron chi connectivity index (χ0n) is 13.1. The third-order valence-electron chi connectivity index (χ3n) is 3.37. The van der Waals surface area contributed by atoms with Gasteiger partial charge < -0.3 is 14.7 Å².